The zero-order chi connectivity index (χ0) is 16.8. The molecule has 1 aliphatic heterocycles. The average molecular weight is 336 g/mol. The second kappa shape index (κ2) is 8.44. The fraction of sp³-hybridized carbons (Fsp3) is 0.368. The quantitative estimate of drug-likeness (QED) is 0.804. The molecule has 4 heteroatoms. The van der Waals surface area contributed by atoms with E-state index in [-0.39, 0.29) is 11.9 Å². The van der Waals surface area contributed by atoms with E-state index in [4.69, 9.17) is 16.7 Å². The van der Waals surface area contributed by atoms with Gasteiger partial charge in [-0.3, -0.25) is 0 Å². The van der Waals surface area contributed by atoms with Gasteiger partial charge in [0.15, 0.2) is 0 Å². The molecular weight excluding hydrogens is 313 g/mol. The van der Waals surface area contributed by atoms with E-state index in [0.29, 0.717) is 5.02 Å². The van der Waals surface area contributed by atoms with Crippen molar-refractivity contribution in [2.75, 3.05) is 13.1 Å². The van der Waals surface area contributed by atoms with E-state index < -0.39 is 0 Å². The minimum atomic E-state index is -0.222. The Balaban J connectivity index is 0.000000229. The number of aryl methyl sites for hydroxylation is 2. The van der Waals surface area contributed by atoms with Gasteiger partial charge in [-0.1, -0.05) is 23.7 Å². The van der Waals surface area contributed by atoms with Gasteiger partial charge < -0.3 is 10.4 Å². The molecule has 124 valence electrons. The Bertz CT molecular complexity index is 604. The second-order valence-corrected chi connectivity index (χ2v) is 6.36. The molecular formula is C19H23ClFNO. The molecule has 23 heavy (non-hydrogen) atoms. The highest BCUT2D eigenvalue weighted by molar-refractivity contribution is 6.30. The van der Waals surface area contributed by atoms with Gasteiger partial charge in [0, 0.05) is 11.6 Å². The van der Waals surface area contributed by atoms with Crippen LogP contribution in [0.5, 0.6) is 0 Å². The summed E-state index contributed by atoms with van der Waals surface area (Å²) in [5, 5.41) is 12.6. The van der Waals surface area contributed by atoms with E-state index >= 15 is 0 Å². The lowest BCUT2D eigenvalue weighted by atomic mass is 9.97. The molecule has 1 heterocycles. The summed E-state index contributed by atoms with van der Waals surface area (Å²) in [6.07, 6.45) is 2.03. The Hall–Kier alpha value is -1.42. The summed E-state index contributed by atoms with van der Waals surface area (Å²) in [7, 11) is 0. The molecule has 2 aromatic rings. The molecule has 2 N–H and O–H groups in total. The van der Waals surface area contributed by atoms with Crippen LogP contribution in [0.1, 0.15) is 24.0 Å². The predicted molar refractivity (Wildman–Crippen MR) is 94.4 cm³/mol. The second-order valence-electron chi connectivity index (χ2n) is 5.92. The average Bonchev–Trinajstić information content (AvgIpc) is 2.54. The van der Waals surface area contributed by atoms with Crippen LogP contribution < -0.4 is 5.32 Å². The molecule has 0 amide bonds. The van der Waals surface area contributed by atoms with Crippen molar-refractivity contribution in [1.82, 2.24) is 5.32 Å². The van der Waals surface area contributed by atoms with Crippen LogP contribution in [0.4, 0.5) is 4.39 Å². The number of nitrogens with one attached hydrogen (secondary N) is 1. The maximum absolute atomic E-state index is 13.2. The number of rotatable bonds is 1. The Kier molecular flexibility index (Phi) is 6.58. The summed E-state index contributed by atoms with van der Waals surface area (Å²) in [6.45, 7) is 5.84. The lowest BCUT2D eigenvalue weighted by molar-refractivity contribution is 0.142. The van der Waals surface area contributed by atoms with Crippen LogP contribution in [0.25, 0.3) is 11.1 Å². The third-order valence-electron chi connectivity index (χ3n) is 3.96. The fourth-order valence-electron chi connectivity index (χ4n) is 2.60. The Labute approximate surface area is 142 Å². The van der Waals surface area contributed by atoms with Gasteiger partial charge in [0.2, 0.25) is 0 Å². The SMILES string of the molecule is Cc1ccc(F)cc1-c1cc(Cl)ccc1C.OC1CCCNC1. The fourth-order valence-corrected chi connectivity index (χ4v) is 2.77. The third-order valence-corrected chi connectivity index (χ3v) is 4.20. The summed E-state index contributed by atoms with van der Waals surface area (Å²) < 4.78 is 13.2. The van der Waals surface area contributed by atoms with E-state index in [2.05, 4.69) is 5.32 Å². The van der Waals surface area contributed by atoms with Gasteiger partial charge in [-0.15, -0.1) is 0 Å². The molecule has 1 fully saturated rings. The number of β-amino-alcohol motifs (C(OH)–C–C–N with tert-alkyl or cyclic N) is 1. The normalized spacial score (nSPS) is 17.3. The van der Waals surface area contributed by atoms with E-state index in [1.54, 1.807) is 12.1 Å². The number of benzene rings is 2. The number of hydrogen-bond acceptors (Lipinski definition) is 2. The largest absolute Gasteiger partial charge is 0.392 e. The summed E-state index contributed by atoms with van der Waals surface area (Å²) in [5.41, 5.74) is 4.04. The van der Waals surface area contributed by atoms with Gasteiger partial charge in [0.05, 0.1) is 6.10 Å². The van der Waals surface area contributed by atoms with Crippen molar-refractivity contribution in [1.29, 1.82) is 0 Å². The number of aliphatic hydroxyl groups excluding tert-OH is 1. The number of hydrogen-bond donors (Lipinski definition) is 2. The smallest absolute Gasteiger partial charge is 0.123 e. The monoisotopic (exact) mass is 335 g/mol. The summed E-state index contributed by atoms with van der Waals surface area (Å²) >= 11 is 5.97. The van der Waals surface area contributed by atoms with Crippen molar-refractivity contribution < 1.29 is 9.50 Å². The maximum Gasteiger partial charge on any atom is 0.123 e. The highest BCUT2D eigenvalue weighted by Crippen LogP contribution is 2.29. The molecule has 0 aliphatic carbocycles. The maximum atomic E-state index is 13.2. The molecule has 0 aromatic heterocycles. The van der Waals surface area contributed by atoms with Gasteiger partial charge in [-0.2, -0.15) is 0 Å². The van der Waals surface area contributed by atoms with Crippen LogP contribution in [0.3, 0.4) is 0 Å². The van der Waals surface area contributed by atoms with Crippen molar-refractivity contribution in [2.24, 2.45) is 0 Å². The van der Waals surface area contributed by atoms with E-state index in [1.807, 2.05) is 32.0 Å². The highest BCUT2D eigenvalue weighted by Gasteiger charge is 2.07. The molecule has 0 saturated carbocycles. The van der Waals surface area contributed by atoms with Crippen LogP contribution in [0, 0.1) is 19.7 Å². The molecule has 1 atom stereocenters. The molecule has 1 saturated heterocycles. The molecule has 1 aliphatic rings. The summed E-state index contributed by atoms with van der Waals surface area (Å²) in [4.78, 5) is 0. The zero-order valence-corrected chi connectivity index (χ0v) is 14.3. The van der Waals surface area contributed by atoms with Gasteiger partial charge in [0.25, 0.3) is 0 Å². The first-order chi connectivity index (χ1) is 11.0. The van der Waals surface area contributed by atoms with E-state index in [9.17, 15) is 4.39 Å². The molecule has 3 rings (SSSR count). The lowest BCUT2D eigenvalue weighted by Crippen LogP contribution is -2.33. The standard InChI is InChI=1S/C14H12ClF.C5H11NO/c1-9-3-5-11(15)7-13(9)14-8-12(16)6-4-10(14)2;7-5-2-1-3-6-4-5/h3-8H,1-2H3;5-7H,1-4H2. The van der Waals surface area contributed by atoms with Crippen LogP contribution in [0.15, 0.2) is 36.4 Å². The van der Waals surface area contributed by atoms with E-state index in [1.165, 1.54) is 6.07 Å². The van der Waals surface area contributed by atoms with Crippen molar-refractivity contribution in [3.05, 3.63) is 58.4 Å². The van der Waals surface area contributed by atoms with Crippen molar-refractivity contribution in [3.8, 4) is 11.1 Å². The number of halogens is 2. The Morgan fingerprint density at radius 2 is 1.74 bits per heavy atom. The minimum absolute atomic E-state index is 0.0752. The Morgan fingerprint density at radius 1 is 1.09 bits per heavy atom. The molecule has 2 aromatic carbocycles. The van der Waals surface area contributed by atoms with Crippen LogP contribution in [0.2, 0.25) is 5.02 Å². The minimum Gasteiger partial charge on any atom is -0.392 e. The molecule has 2 nitrogen and oxygen atoms in total. The molecule has 0 radical (unpaired) electrons. The van der Waals surface area contributed by atoms with Gasteiger partial charge in [-0.25, -0.2) is 4.39 Å². The lowest BCUT2D eigenvalue weighted by Gasteiger charge is -2.16. The van der Waals surface area contributed by atoms with Gasteiger partial charge in [-0.05, 0) is 79.8 Å². The van der Waals surface area contributed by atoms with Crippen LogP contribution >= 0.6 is 11.6 Å². The topological polar surface area (TPSA) is 32.3 Å². The van der Waals surface area contributed by atoms with Gasteiger partial charge in [0.1, 0.15) is 5.82 Å². The van der Waals surface area contributed by atoms with Crippen LogP contribution in [-0.2, 0) is 0 Å². The summed E-state index contributed by atoms with van der Waals surface area (Å²) in [6, 6.07) is 10.5. The molecule has 0 bridgehead atoms. The van der Waals surface area contributed by atoms with Crippen molar-refractivity contribution >= 4 is 11.6 Å². The van der Waals surface area contributed by atoms with Gasteiger partial charge >= 0.3 is 0 Å². The first-order valence-electron chi connectivity index (χ1n) is 7.89. The van der Waals surface area contributed by atoms with Crippen molar-refractivity contribution in [2.45, 2.75) is 32.8 Å². The zero-order valence-electron chi connectivity index (χ0n) is 13.6. The first kappa shape index (κ1) is 17.9. The predicted octanol–water partition coefficient (Wildman–Crippen LogP) is 4.49. The van der Waals surface area contributed by atoms with E-state index in [0.717, 1.165) is 48.2 Å². The number of aliphatic hydroxyl groups is 1. The Morgan fingerprint density at radius 3 is 2.30 bits per heavy atom. The highest BCUT2D eigenvalue weighted by atomic mass is 35.5. The first-order valence-corrected chi connectivity index (χ1v) is 8.26. The number of piperidine rings is 1. The third kappa shape index (κ3) is 5.31. The molecule has 0 spiro atoms. The molecule has 1 unspecified atom stereocenters. The van der Waals surface area contributed by atoms with Crippen LogP contribution in [-0.4, -0.2) is 24.3 Å². The van der Waals surface area contributed by atoms with Crippen molar-refractivity contribution in [3.63, 3.8) is 0 Å². The summed E-state index contributed by atoms with van der Waals surface area (Å²) in [5.74, 6) is -0.222.